The molecular weight excluding hydrogens is 352 g/mol. The van der Waals surface area contributed by atoms with E-state index in [2.05, 4.69) is 4.72 Å². The minimum atomic E-state index is -3.33. The zero-order valence-electron chi connectivity index (χ0n) is 13.2. The van der Waals surface area contributed by atoms with Gasteiger partial charge in [-0.3, -0.25) is 9.52 Å². The summed E-state index contributed by atoms with van der Waals surface area (Å²) < 4.78 is 30.1. The third-order valence-corrected chi connectivity index (χ3v) is 3.97. The maximum absolute atomic E-state index is 12.2. The van der Waals surface area contributed by atoms with Crippen LogP contribution in [0.3, 0.4) is 0 Å². The minimum Gasteiger partial charge on any atom is -0.484 e. The highest BCUT2D eigenvalue weighted by atomic mass is 35.5. The van der Waals surface area contributed by atoms with Gasteiger partial charge in [0.15, 0.2) is 6.61 Å². The highest BCUT2D eigenvalue weighted by molar-refractivity contribution is 7.92. The first kappa shape index (κ1) is 18.1. The molecule has 0 heterocycles. The van der Waals surface area contributed by atoms with Crippen molar-refractivity contribution in [3.8, 4) is 5.75 Å². The van der Waals surface area contributed by atoms with Gasteiger partial charge in [-0.05, 0) is 48.5 Å². The Labute approximate surface area is 146 Å². The fourth-order valence-electron chi connectivity index (χ4n) is 1.88. The van der Waals surface area contributed by atoms with Gasteiger partial charge in [0.1, 0.15) is 5.75 Å². The van der Waals surface area contributed by atoms with Crippen LogP contribution in [0.25, 0.3) is 0 Å². The van der Waals surface area contributed by atoms with Crippen LogP contribution in [0.1, 0.15) is 0 Å². The van der Waals surface area contributed by atoms with Crippen molar-refractivity contribution < 1.29 is 17.9 Å². The van der Waals surface area contributed by atoms with Crippen molar-refractivity contribution in [3.05, 3.63) is 53.6 Å². The highest BCUT2D eigenvalue weighted by Crippen LogP contribution is 2.19. The summed E-state index contributed by atoms with van der Waals surface area (Å²) in [6.07, 6.45) is 1.07. The molecule has 0 aromatic heterocycles. The number of halogens is 1. The molecule has 0 saturated carbocycles. The maximum atomic E-state index is 12.2. The number of nitrogens with one attached hydrogen (secondary N) is 1. The molecule has 24 heavy (non-hydrogen) atoms. The van der Waals surface area contributed by atoms with Crippen LogP contribution in [0.5, 0.6) is 5.75 Å². The number of nitrogens with zero attached hydrogens (tertiary/aromatic N) is 1. The van der Waals surface area contributed by atoms with Gasteiger partial charge in [0.05, 0.1) is 6.26 Å². The van der Waals surface area contributed by atoms with E-state index in [0.717, 1.165) is 6.26 Å². The molecule has 2 aromatic rings. The largest absolute Gasteiger partial charge is 0.484 e. The summed E-state index contributed by atoms with van der Waals surface area (Å²) in [5.74, 6) is 0.308. The van der Waals surface area contributed by atoms with E-state index in [1.165, 1.54) is 4.90 Å². The van der Waals surface area contributed by atoms with E-state index < -0.39 is 10.0 Å². The van der Waals surface area contributed by atoms with Crippen LogP contribution in [0, 0.1) is 0 Å². The lowest BCUT2D eigenvalue weighted by Crippen LogP contribution is -2.31. The lowest BCUT2D eigenvalue weighted by molar-refractivity contribution is -0.120. The first-order valence-corrected chi connectivity index (χ1v) is 9.24. The molecule has 0 aliphatic carbocycles. The summed E-state index contributed by atoms with van der Waals surface area (Å²) in [7, 11) is -1.71. The highest BCUT2D eigenvalue weighted by Gasteiger charge is 2.12. The van der Waals surface area contributed by atoms with Crippen molar-refractivity contribution in [2.45, 2.75) is 0 Å². The number of anilines is 2. The van der Waals surface area contributed by atoms with E-state index in [1.807, 2.05) is 0 Å². The predicted octanol–water partition coefficient (Wildman–Crippen LogP) is 2.75. The molecule has 0 spiro atoms. The second-order valence-electron chi connectivity index (χ2n) is 5.12. The molecule has 2 aromatic carbocycles. The van der Waals surface area contributed by atoms with Gasteiger partial charge in [-0.1, -0.05) is 11.6 Å². The molecule has 0 aliphatic rings. The third-order valence-electron chi connectivity index (χ3n) is 3.11. The van der Waals surface area contributed by atoms with E-state index in [1.54, 1.807) is 55.6 Å². The van der Waals surface area contributed by atoms with E-state index in [4.69, 9.17) is 16.3 Å². The number of amides is 1. The molecule has 0 radical (unpaired) electrons. The predicted molar refractivity (Wildman–Crippen MR) is 95.3 cm³/mol. The molecule has 2 rings (SSSR count). The smallest absolute Gasteiger partial charge is 0.264 e. The molecule has 0 bridgehead atoms. The second-order valence-corrected chi connectivity index (χ2v) is 7.30. The van der Waals surface area contributed by atoms with Crippen LogP contribution in [0.15, 0.2) is 48.5 Å². The topological polar surface area (TPSA) is 75.7 Å². The van der Waals surface area contributed by atoms with Crippen molar-refractivity contribution in [1.29, 1.82) is 0 Å². The fourth-order valence-corrected chi connectivity index (χ4v) is 2.57. The first-order chi connectivity index (χ1) is 11.2. The van der Waals surface area contributed by atoms with Crippen molar-refractivity contribution >= 4 is 38.9 Å². The first-order valence-electron chi connectivity index (χ1n) is 6.97. The SMILES string of the molecule is CN(C(=O)COc1ccc(Cl)cc1)c1ccc(NS(C)(=O)=O)cc1. The second kappa shape index (κ2) is 7.55. The number of carbonyl (C=O) groups is 1. The van der Waals surface area contributed by atoms with Gasteiger partial charge in [0.25, 0.3) is 5.91 Å². The van der Waals surface area contributed by atoms with Crippen LogP contribution < -0.4 is 14.4 Å². The molecule has 128 valence electrons. The van der Waals surface area contributed by atoms with Crippen LogP contribution in [-0.4, -0.2) is 34.2 Å². The Kier molecular flexibility index (Phi) is 5.69. The van der Waals surface area contributed by atoms with Crippen LogP contribution in [0.2, 0.25) is 5.02 Å². The lowest BCUT2D eigenvalue weighted by Gasteiger charge is -2.18. The van der Waals surface area contributed by atoms with Crippen molar-refractivity contribution in [2.24, 2.45) is 0 Å². The Morgan fingerprint density at radius 1 is 1.12 bits per heavy atom. The summed E-state index contributed by atoms with van der Waals surface area (Å²) in [4.78, 5) is 13.6. The zero-order valence-corrected chi connectivity index (χ0v) is 14.8. The van der Waals surface area contributed by atoms with E-state index in [-0.39, 0.29) is 12.5 Å². The molecular formula is C16H17ClN2O4S. The Morgan fingerprint density at radius 2 is 1.71 bits per heavy atom. The normalized spacial score (nSPS) is 11.0. The number of hydrogen-bond donors (Lipinski definition) is 1. The number of ether oxygens (including phenoxy) is 1. The number of likely N-dealkylation sites (N-methyl/N-ethyl adjacent to an activating group) is 1. The monoisotopic (exact) mass is 368 g/mol. The number of carbonyl (C=O) groups excluding carboxylic acids is 1. The number of rotatable bonds is 6. The van der Waals surface area contributed by atoms with Crippen molar-refractivity contribution in [1.82, 2.24) is 0 Å². The quantitative estimate of drug-likeness (QED) is 0.850. The Hall–Kier alpha value is -2.25. The minimum absolute atomic E-state index is 0.124. The van der Waals surface area contributed by atoms with Gasteiger partial charge in [0.2, 0.25) is 10.0 Å². The summed E-state index contributed by atoms with van der Waals surface area (Å²) in [6, 6.07) is 13.2. The Morgan fingerprint density at radius 3 is 2.25 bits per heavy atom. The summed E-state index contributed by atoms with van der Waals surface area (Å²) in [5.41, 5.74) is 1.05. The molecule has 0 aliphatic heterocycles. The Balaban J connectivity index is 1.96. The fraction of sp³-hybridized carbons (Fsp3) is 0.188. The van der Waals surface area contributed by atoms with Gasteiger partial charge < -0.3 is 9.64 Å². The van der Waals surface area contributed by atoms with Crippen molar-refractivity contribution in [2.75, 3.05) is 29.5 Å². The third kappa shape index (κ3) is 5.43. The molecule has 1 N–H and O–H groups in total. The number of benzene rings is 2. The standard InChI is InChI=1S/C16H17ClN2O4S/c1-19(14-7-5-13(6-8-14)18-24(2,21)22)16(20)11-23-15-9-3-12(17)4-10-15/h3-10,18H,11H2,1-2H3. The Bertz CT molecular complexity index is 805. The van der Waals surface area contributed by atoms with Gasteiger partial charge in [-0.2, -0.15) is 0 Å². The van der Waals surface area contributed by atoms with Crippen LogP contribution in [-0.2, 0) is 14.8 Å². The molecule has 0 atom stereocenters. The number of hydrogen-bond acceptors (Lipinski definition) is 4. The average Bonchev–Trinajstić information content (AvgIpc) is 2.52. The lowest BCUT2D eigenvalue weighted by atomic mass is 10.2. The van der Waals surface area contributed by atoms with Crippen LogP contribution in [0.4, 0.5) is 11.4 Å². The van der Waals surface area contributed by atoms with Gasteiger partial charge in [-0.25, -0.2) is 8.42 Å². The zero-order chi connectivity index (χ0) is 17.7. The molecule has 0 fully saturated rings. The van der Waals surface area contributed by atoms with E-state index in [0.29, 0.717) is 22.1 Å². The summed E-state index contributed by atoms with van der Waals surface area (Å²) in [5, 5.41) is 0.591. The molecule has 8 heteroatoms. The van der Waals surface area contributed by atoms with Gasteiger partial charge in [0, 0.05) is 23.4 Å². The maximum Gasteiger partial charge on any atom is 0.264 e. The van der Waals surface area contributed by atoms with Crippen LogP contribution >= 0.6 is 11.6 Å². The molecule has 1 amide bonds. The summed E-state index contributed by atoms with van der Waals surface area (Å²) >= 11 is 5.78. The summed E-state index contributed by atoms with van der Waals surface area (Å²) in [6.45, 7) is -0.124. The van der Waals surface area contributed by atoms with Gasteiger partial charge in [-0.15, -0.1) is 0 Å². The molecule has 0 saturated heterocycles. The average molecular weight is 369 g/mol. The van der Waals surface area contributed by atoms with Gasteiger partial charge >= 0.3 is 0 Å². The molecule has 6 nitrogen and oxygen atoms in total. The number of sulfonamides is 1. The molecule has 0 unspecified atom stereocenters. The van der Waals surface area contributed by atoms with E-state index >= 15 is 0 Å². The van der Waals surface area contributed by atoms with Crippen molar-refractivity contribution in [3.63, 3.8) is 0 Å². The van der Waals surface area contributed by atoms with E-state index in [9.17, 15) is 13.2 Å².